The van der Waals surface area contributed by atoms with Crippen molar-refractivity contribution < 1.29 is 4.42 Å². The molecule has 2 atom stereocenters. The molecule has 2 unspecified atom stereocenters. The Bertz CT molecular complexity index is 540. The highest BCUT2D eigenvalue weighted by atomic mass is 32.2. The SMILES string of the molecule is CSCCC(C)N(C)C(CN)c1coc2ccccc12. The summed E-state index contributed by atoms with van der Waals surface area (Å²) in [7, 11) is 2.16. The third kappa shape index (κ3) is 3.19. The number of benzene rings is 1. The van der Waals surface area contributed by atoms with Crippen LogP contribution in [0.4, 0.5) is 0 Å². The predicted molar refractivity (Wildman–Crippen MR) is 88.2 cm³/mol. The number of furan rings is 1. The lowest BCUT2D eigenvalue weighted by atomic mass is 10.0. The Morgan fingerprint density at radius 1 is 1.35 bits per heavy atom. The van der Waals surface area contributed by atoms with Crippen LogP contribution in [0.1, 0.15) is 24.9 Å². The number of hydrogen-bond acceptors (Lipinski definition) is 4. The maximum Gasteiger partial charge on any atom is 0.134 e. The van der Waals surface area contributed by atoms with Crippen LogP contribution >= 0.6 is 11.8 Å². The lowest BCUT2D eigenvalue weighted by Crippen LogP contribution is -2.37. The first-order chi connectivity index (χ1) is 9.69. The number of likely N-dealkylation sites (N-methyl/N-ethyl adjacent to an activating group) is 1. The smallest absolute Gasteiger partial charge is 0.134 e. The maximum atomic E-state index is 6.03. The molecule has 0 bridgehead atoms. The van der Waals surface area contributed by atoms with Crippen LogP contribution in [0.2, 0.25) is 0 Å². The monoisotopic (exact) mass is 292 g/mol. The minimum absolute atomic E-state index is 0.204. The molecule has 110 valence electrons. The van der Waals surface area contributed by atoms with Crippen molar-refractivity contribution in [1.82, 2.24) is 4.90 Å². The Hall–Kier alpha value is -0.970. The molecule has 2 N–H and O–H groups in total. The largest absolute Gasteiger partial charge is 0.464 e. The molecule has 0 saturated carbocycles. The Morgan fingerprint density at radius 2 is 2.10 bits per heavy atom. The van der Waals surface area contributed by atoms with Crippen molar-refractivity contribution in [3.05, 3.63) is 36.1 Å². The molecule has 2 aromatic rings. The zero-order valence-corrected chi connectivity index (χ0v) is 13.3. The summed E-state index contributed by atoms with van der Waals surface area (Å²) in [5.41, 5.74) is 8.17. The Balaban J connectivity index is 2.23. The maximum absolute atomic E-state index is 6.03. The molecule has 20 heavy (non-hydrogen) atoms. The van der Waals surface area contributed by atoms with Crippen LogP contribution in [0.3, 0.4) is 0 Å². The van der Waals surface area contributed by atoms with Crippen molar-refractivity contribution in [2.75, 3.05) is 25.6 Å². The van der Waals surface area contributed by atoms with Crippen molar-refractivity contribution in [3.8, 4) is 0 Å². The first-order valence-corrected chi connectivity index (χ1v) is 8.45. The standard InChI is InChI=1S/C16H24N2OS/c1-12(8-9-20-3)18(2)15(10-17)14-11-19-16-7-5-4-6-13(14)16/h4-7,11-12,15H,8-10,17H2,1-3H3. The lowest BCUT2D eigenvalue weighted by Gasteiger charge is -2.32. The molecular weight excluding hydrogens is 268 g/mol. The third-order valence-corrected chi connectivity index (χ3v) is 4.66. The van der Waals surface area contributed by atoms with E-state index in [0.29, 0.717) is 12.6 Å². The summed E-state index contributed by atoms with van der Waals surface area (Å²) in [6, 6.07) is 8.87. The molecule has 2 rings (SSSR count). The van der Waals surface area contributed by atoms with Gasteiger partial charge in [0.15, 0.2) is 0 Å². The van der Waals surface area contributed by atoms with Gasteiger partial charge in [0.05, 0.1) is 12.3 Å². The molecule has 1 aromatic carbocycles. The Kier molecular flexibility index (Phi) is 5.52. The number of nitrogens with two attached hydrogens (primary N) is 1. The number of nitrogens with zero attached hydrogens (tertiary/aromatic N) is 1. The van der Waals surface area contributed by atoms with Crippen molar-refractivity contribution in [2.24, 2.45) is 5.73 Å². The van der Waals surface area contributed by atoms with Gasteiger partial charge in [-0.2, -0.15) is 11.8 Å². The topological polar surface area (TPSA) is 42.4 Å². The second-order valence-electron chi connectivity index (χ2n) is 5.23. The van der Waals surface area contributed by atoms with E-state index in [2.05, 4.69) is 31.2 Å². The van der Waals surface area contributed by atoms with E-state index in [1.54, 1.807) is 0 Å². The highest BCUT2D eigenvalue weighted by Crippen LogP contribution is 2.30. The second kappa shape index (κ2) is 7.16. The zero-order valence-electron chi connectivity index (χ0n) is 12.5. The molecule has 0 radical (unpaired) electrons. The summed E-state index contributed by atoms with van der Waals surface area (Å²) < 4.78 is 5.66. The van der Waals surface area contributed by atoms with Gasteiger partial charge in [0.1, 0.15) is 5.58 Å². The van der Waals surface area contributed by atoms with Gasteiger partial charge in [0, 0.05) is 23.5 Å². The van der Waals surface area contributed by atoms with E-state index in [9.17, 15) is 0 Å². The molecule has 0 saturated heterocycles. The van der Waals surface area contributed by atoms with Crippen LogP contribution in [0.25, 0.3) is 11.0 Å². The van der Waals surface area contributed by atoms with Crippen LogP contribution in [-0.4, -0.2) is 36.5 Å². The number of hydrogen-bond donors (Lipinski definition) is 1. The van der Waals surface area contributed by atoms with Crippen molar-refractivity contribution in [3.63, 3.8) is 0 Å². The van der Waals surface area contributed by atoms with Gasteiger partial charge in [-0.3, -0.25) is 4.90 Å². The summed E-state index contributed by atoms with van der Waals surface area (Å²) in [6.07, 6.45) is 5.18. The minimum atomic E-state index is 0.204. The number of fused-ring (bicyclic) bond motifs is 1. The number of thioether (sulfide) groups is 1. The van der Waals surface area contributed by atoms with Crippen LogP contribution in [0, 0.1) is 0 Å². The highest BCUT2D eigenvalue weighted by Gasteiger charge is 2.23. The van der Waals surface area contributed by atoms with E-state index in [4.69, 9.17) is 10.2 Å². The van der Waals surface area contributed by atoms with Gasteiger partial charge in [-0.05, 0) is 38.5 Å². The molecule has 0 spiro atoms. The Labute approximate surface area is 125 Å². The van der Waals surface area contributed by atoms with E-state index < -0.39 is 0 Å². The molecular formula is C16H24N2OS. The average Bonchev–Trinajstić information content (AvgIpc) is 2.89. The quantitative estimate of drug-likeness (QED) is 0.848. The first-order valence-electron chi connectivity index (χ1n) is 7.06. The predicted octanol–water partition coefficient (Wildman–Crippen LogP) is 3.51. The summed E-state index contributed by atoms with van der Waals surface area (Å²) in [4.78, 5) is 2.37. The summed E-state index contributed by atoms with van der Waals surface area (Å²) in [6.45, 7) is 2.87. The fourth-order valence-electron chi connectivity index (χ4n) is 2.57. The van der Waals surface area contributed by atoms with Crippen LogP contribution < -0.4 is 5.73 Å². The molecule has 0 amide bonds. The van der Waals surface area contributed by atoms with E-state index in [1.807, 2.05) is 36.2 Å². The van der Waals surface area contributed by atoms with E-state index >= 15 is 0 Å². The van der Waals surface area contributed by atoms with Gasteiger partial charge < -0.3 is 10.2 Å². The fraction of sp³-hybridized carbons (Fsp3) is 0.500. The van der Waals surface area contributed by atoms with E-state index in [-0.39, 0.29) is 6.04 Å². The fourth-order valence-corrected chi connectivity index (χ4v) is 3.15. The summed E-state index contributed by atoms with van der Waals surface area (Å²) in [5.74, 6) is 1.18. The van der Waals surface area contributed by atoms with Crippen molar-refractivity contribution in [1.29, 1.82) is 0 Å². The third-order valence-electron chi connectivity index (χ3n) is 4.02. The molecule has 0 aliphatic rings. The van der Waals surface area contributed by atoms with Crippen LogP contribution in [-0.2, 0) is 0 Å². The second-order valence-corrected chi connectivity index (χ2v) is 6.22. The Morgan fingerprint density at radius 3 is 2.80 bits per heavy atom. The molecule has 0 fully saturated rings. The average molecular weight is 292 g/mol. The van der Waals surface area contributed by atoms with Crippen LogP contribution in [0.5, 0.6) is 0 Å². The van der Waals surface area contributed by atoms with E-state index in [0.717, 1.165) is 5.58 Å². The van der Waals surface area contributed by atoms with Gasteiger partial charge in [-0.25, -0.2) is 0 Å². The van der Waals surface area contributed by atoms with Gasteiger partial charge in [-0.15, -0.1) is 0 Å². The normalized spacial score (nSPS) is 14.8. The van der Waals surface area contributed by atoms with Gasteiger partial charge in [0.2, 0.25) is 0 Å². The summed E-state index contributed by atoms with van der Waals surface area (Å²) in [5, 5.41) is 1.17. The highest BCUT2D eigenvalue weighted by molar-refractivity contribution is 7.98. The zero-order chi connectivity index (χ0) is 14.5. The van der Waals surface area contributed by atoms with Crippen LogP contribution in [0.15, 0.2) is 34.9 Å². The lowest BCUT2D eigenvalue weighted by molar-refractivity contribution is 0.186. The molecule has 1 aromatic heterocycles. The summed E-state index contributed by atoms with van der Waals surface area (Å²) >= 11 is 1.89. The minimum Gasteiger partial charge on any atom is -0.464 e. The van der Waals surface area contributed by atoms with E-state index in [1.165, 1.54) is 23.1 Å². The molecule has 1 heterocycles. The molecule has 0 aliphatic heterocycles. The first kappa shape index (κ1) is 15.4. The van der Waals surface area contributed by atoms with Gasteiger partial charge in [0.25, 0.3) is 0 Å². The van der Waals surface area contributed by atoms with Gasteiger partial charge >= 0.3 is 0 Å². The number of para-hydroxylation sites is 1. The molecule has 0 aliphatic carbocycles. The van der Waals surface area contributed by atoms with Crippen molar-refractivity contribution in [2.45, 2.75) is 25.4 Å². The van der Waals surface area contributed by atoms with Gasteiger partial charge in [-0.1, -0.05) is 18.2 Å². The number of rotatable bonds is 7. The van der Waals surface area contributed by atoms with Crippen molar-refractivity contribution >= 4 is 22.7 Å². The molecule has 4 heteroatoms. The molecule has 3 nitrogen and oxygen atoms in total.